The van der Waals surface area contributed by atoms with E-state index in [-0.39, 0.29) is 5.78 Å². The van der Waals surface area contributed by atoms with Crippen LogP contribution in [0.5, 0.6) is 0 Å². The first-order valence-corrected chi connectivity index (χ1v) is 5.53. The van der Waals surface area contributed by atoms with Crippen molar-refractivity contribution in [3.05, 3.63) is 58.3 Å². The molecule has 0 aliphatic rings. The number of hydrogen-bond donors (Lipinski definition) is 1. The summed E-state index contributed by atoms with van der Waals surface area (Å²) in [6, 6.07) is 10.7. The molecule has 2 nitrogen and oxygen atoms in total. The Bertz CT molecular complexity index is 434. The summed E-state index contributed by atoms with van der Waals surface area (Å²) in [5.41, 5.74) is 1.20. The van der Waals surface area contributed by atoms with Crippen molar-refractivity contribution < 1.29 is 9.90 Å². The summed E-state index contributed by atoms with van der Waals surface area (Å²) in [7, 11) is 0. The van der Waals surface area contributed by atoms with E-state index in [0.717, 1.165) is 0 Å². The van der Waals surface area contributed by atoms with Gasteiger partial charge in [0.2, 0.25) is 0 Å². The first kappa shape index (κ1) is 10.1. The van der Waals surface area contributed by atoms with Crippen LogP contribution in [0, 0.1) is 0 Å². The lowest BCUT2D eigenvalue weighted by molar-refractivity contribution is 0.0748. The van der Waals surface area contributed by atoms with Crippen molar-refractivity contribution in [2.75, 3.05) is 0 Å². The summed E-state index contributed by atoms with van der Waals surface area (Å²) < 4.78 is 0. The van der Waals surface area contributed by atoms with Gasteiger partial charge in [0.25, 0.3) is 0 Å². The Labute approximate surface area is 91.8 Å². The second kappa shape index (κ2) is 4.38. The van der Waals surface area contributed by atoms with E-state index in [2.05, 4.69) is 0 Å². The molecule has 0 amide bonds. The molecule has 2 rings (SSSR count). The third-order valence-electron chi connectivity index (χ3n) is 2.17. The van der Waals surface area contributed by atoms with Gasteiger partial charge in [-0.15, -0.1) is 0 Å². The van der Waals surface area contributed by atoms with Crippen LogP contribution in [0.1, 0.15) is 22.0 Å². The molecule has 0 aliphatic heterocycles. The molecular weight excluding hydrogens is 208 g/mol. The smallest absolute Gasteiger partial charge is 0.196 e. The van der Waals surface area contributed by atoms with Crippen LogP contribution in [0.25, 0.3) is 0 Å². The average Bonchev–Trinajstić information content (AvgIpc) is 2.82. The minimum Gasteiger partial charge on any atom is -0.380 e. The lowest BCUT2D eigenvalue weighted by Crippen LogP contribution is -2.11. The molecule has 1 aromatic heterocycles. The molecule has 1 heterocycles. The van der Waals surface area contributed by atoms with E-state index in [1.807, 2.05) is 11.4 Å². The molecule has 0 aliphatic carbocycles. The Morgan fingerprint density at radius 1 is 1.20 bits per heavy atom. The third-order valence-corrected chi connectivity index (χ3v) is 2.85. The van der Waals surface area contributed by atoms with E-state index in [1.54, 1.807) is 35.7 Å². The second-order valence-electron chi connectivity index (χ2n) is 3.19. The number of carbonyl (C=O) groups is 1. The highest BCUT2D eigenvalue weighted by atomic mass is 32.1. The van der Waals surface area contributed by atoms with Gasteiger partial charge in [0.1, 0.15) is 6.10 Å². The number of benzene rings is 1. The molecule has 3 heteroatoms. The lowest BCUT2D eigenvalue weighted by Gasteiger charge is -2.08. The van der Waals surface area contributed by atoms with Crippen LogP contribution in [0.2, 0.25) is 0 Å². The molecular formula is C12H10O2S. The maximum absolute atomic E-state index is 11.8. The van der Waals surface area contributed by atoms with Crippen LogP contribution >= 0.6 is 11.3 Å². The van der Waals surface area contributed by atoms with Crippen LogP contribution in [0.4, 0.5) is 0 Å². The van der Waals surface area contributed by atoms with Crippen molar-refractivity contribution in [1.29, 1.82) is 0 Å². The fourth-order valence-corrected chi connectivity index (χ4v) is 1.99. The zero-order valence-corrected chi connectivity index (χ0v) is 8.78. The Hall–Kier alpha value is -1.45. The second-order valence-corrected chi connectivity index (χ2v) is 3.97. The number of hydrogen-bond acceptors (Lipinski definition) is 3. The predicted octanol–water partition coefficient (Wildman–Crippen LogP) is 2.66. The maximum Gasteiger partial charge on any atom is 0.196 e. The van der Waals surface area contributed by atoms with E-state index in [9.17, 15) is 9.90 Å². The van der Waals surface area contributed by atoms with E-state index >= 15 is 0 Å². The van der Waals surface area contributed by atoms with Crippen LogP contribution in [-0.2, 0) is 0 Å². The van der Waals surface area contributed by atoms with E-state index in [0.29, 0.717) is 11.1 Å². The highest BCUT2D eigenvalue weighted by Gasteiger charge is 2.18. The van der Waals surface area contributed by atoms with E-state index < -0.39 is 6.10 Å². The summed E-state index contributed by atoms with van der Waals surface area (Å²) in [6.45, 7) is 0. The average molecular weight is 218 g/mol. The van der Waals surface area contributed by atoms with Crippen molar-refractivity contribution in [1.82, 2.24) is 0 Å². The number of Topliss-reactive ketones (excluding diaryl/α,β-unsaturated/α-hetero) is 1. The van der Waals surface area contributed by atoms with Gasteiger partial charge in [-0.2, -0.15) is 11.3 Å². The van der Waals surface area contributed by atoms with Gasteiger partial charge in [0.15, 0.2) is 5.78 Å². The van der Waals surface area contributed by atoms with Crippen molar-refractivity contribution in [3.63, 3.8) is 0 Å². The molecule has 0 bridgehead atoms. The first-order valence-electron chi connectivity index (χ1n) is 4.58. The summed E-state index contributed by atoms with van der Waals surface area (Å²) in [4.78, 5) is 11.8. The number of aliphatic hydroxyl groups excluding tert-OH is 1. The third kappa shape index (κ3) is 2.14. The normalized spacial score (nSPS) is 12.3. The molecule has 1 atom stereocenters. The van der Waals surface area contributed by atoms with Crippen molar-refractivity contribution in [2.24, 2.45) is 0 Å². The largest absolute Gasteiger partial charge is 0.380 e. The van der Waals surface area contributed by atoms with Gasteiger partial charge in [0.05, 0.1) is 0 Å². The Kier molecular flexibility index (Phi) is 2.94. The van der Waals surface area contributed by atoms with Gasteiger partial charge >= 0.3 is 0 Å². The van der Waals surface area contributed by atoms with Gasteiger partial charge in [-0.05, 0) is 17.0 Å². The molecule has 0 saturated carbocycles. The molecule has 1 N–H and O–H groups in total. The predicted molar refractivity (Wildman–Crippen MR) is 60.1 cm³/mol. The number of thiophene rings is 1. The van der Waals surface area contributed by atoms with Gasteiger partial charge in [-0.3, -0.25) is 4.79 Å². The summed E-state index contributed by atoms with van der Waals surface area (Å²) >= 11 is 1.45. The van der Waals surface area contributed by atoms with E-state index in [4.69, 9.17) is 0 Å². The fraction of sp³-hybridized carbons (Fsp3) is 0.0833. The highest BCUT2D eigenvalue weighted by Crippen LogP contribution is 2.19. The molecule has 0 saturated heterocycles. The molecule has 0 radical (unpaired) electrons. The maximum atomic E-state index is 11.8. The standard InChI is InChI=1S/C12H10O2S/c13-11(9-4-2-1-3-5-9)12(14)10-6-7-15-8-10/h1-8,11,13H. The monoisotopic (exact) mass is 218 g/mol. The number of carbonyl (C=O) groups excluding carboxylic acids is 1. The number of aliphatic hydroxyl groups is 1. The summed E-state index contributed by atoms with van der Waals surface area (Å²) in [5.74, 6) is -0.248. The van der Waals surface area contributed by atoms with Crippen molar-refractivity contribution in [3.8, 4) is 0 Å². The Balaban J connectivity index is 2.23. The topological polar surface area (TPSA) is 37.3 Å². The minimum absolute atomic E-state index is 0.248. The highest BCUT2D eigenvalue weighted by molar-refractivity contribution is 7.08. The number of ketones is 1. The molecule has 2 aromatic rings. The van der Waals surface area contributed by atoms with Crippen molar-refractivity contribution in [2.45, 2.75) is 6.10 Å². The SMILES string of the molecule is O=C(c1ccsc1)C(O)c1ccccc1. The van der Waals surface area contributed by atoms with Gasteiger partial charge in [-0.1, -0.05) is 30.3 Å². The minimum atomic E-state index is -1.05. The molecule has 1 aromatic carbocycles. The van der Waals surface area contributed by atoms with Crippen LogP contribution < -0.4 is 0 Å². The summed E-state index contributed by atoms with van der Waals surface area (Å²) in [6.07, 6.45) is -1.05. The number of rotatable bonds is 3. The zero-order chi connectivity index (χ0) is 10.7. The van der Waals surface area contributed by atoms with Crippen molar-refractivity contribution >= 4 is 17.1 Å². The lowest BCUT2D eigenvalue weighted by atomic mass is 10.0. The van der Waals surface area contributed by atoms with Crippen LogP contribution in [-0.4, -0.2) is 10.9 Å². The van der Waals surface area contributed by atoms with Gasteiger partial charge in [0, 0.05) is 10.9 Å². The quantitative estimate of drug-likeness (QED) is 0.804. The van der Waals surface area contributed by atoms with Crippen LogP contribution in [0.3, 0.4) is 0 Å². The molecule has 76 valence electrons. The Morgan fingerprint density at radius 3 is 2.53 bits per heavy atom. The molecule has 0 fully saturated rings. The molecule has 15 heavy (non-hydrogen) atoms. The van der Waals surface area contributed by atoms with Gasteiger partial charge in [-0.25, -0.2) is 0 Å². The van der Waals surface area contributed by atoms with E-state index in [1.165, 1.54) is 11.3 Å². The first-order chi connectivity index (χ1) is 7.29. The zero-order valence-electron chi connectivity index (χ0n) is 7.96. The van der Waals surface area contributed by atoms with Crippen LogP contribution in [0.15, 0.2) is 47.2 Å². The Morgan fingerprint density at radius 2 is 1.93 bits per heavy atom. The summed E-state index contributed by atoms with van der Waals surface area (Å²) in [5, 5.41) is 13.4. The van der Waals surface area contributed by atoms with Gasteiger partial charge < -0.3 is 5.11 Å². The molecule has 1 unspecified atom stereocenters. The fourth-order valence-electron chi connectivity index (χ4n) is 1.35. The molecule has 0 spiro atoms.